The molecule has 0 saturated heterocycles. The number of aryl methyl sites for hydroxylation is 1. The van der Waals surface area contributed by atoms with E-state index in [0.717, 1.165) is 10.7 Å². The van der Waals surface area contributed by atoms with Crippen LogP contribution in [-0.2, 0) is 4.79 Å². The molecule has 4 aromatic rings. The van der Waals surface area contributed by atoms with Crippen molar-refractivity contribution >= 4 is 34.1 Å². The van der Waals surface area contributed by atoms with E-state index in [9.17, 15) is 4.79 Å². The Morgan fingerprint density at radius 2 is 1.79 bits per heavy atom. The van der Waals surface area contributed by atoms with Gasteiger partial charge in [0, 0.05) is 11.8 Å². The van der Waals surface area contributed by atoms with Crippen LogP contribution in [0, 0.1) is 6.92 Å². The lowest BCUT2D eigenvalue weighted by atomic mass is 10.3. The standard InChI is InChI=1S/C23H24N6O3S2/c1-14(32-19-12-8-11-18(13-19)31-4)20-26-28-23(29(20)17-9-6-5-7-10-17)33-15(2)21(30)24-22-27-25-16(3)34-22/h5-15H,1-4H3,(H,24,27,30). The molecule has 1 amide bonds. The number of aromatic nitrogens is 5. The first-order chi connectivity index (χ1) is 16.4. The lowest BCUT2D eigenvalue weighted by molar-refractivity contribution is -0.115. The van der Waals surface area contributed by atoms with E-state index < -0.39 is 11.4 Å². The maximum absolute atomic E-state index is 12.7. The molecule has 0 fully saturated rings. The van der Waals surface area contributed by atoms with Gasteiger partial charge in [0.05, 0.1) is 12.4 Å². The van der Waals surface area contributed by atoms with Gasteiger partial charge in [-0.15, -0.1) is 20.4 Å². The van der Waals surface area contributed by atoms with Gasteiger partial charge in [-0.05, 0) is 45.0 Å². The third-order valence-electron chi connectivity index (χ3n) is 4.80. The van der Waals surface area contributed by atoms with Crippen molar-refractivity contribution in [3.8, 4) is 17.2 Å². The van der Waals surface area contributed by atoms with Crippen molar-refractivity contribution in [3.05, 3.63) is 65.4 Å². The number of anilines is 1. The molecule has 34 heavy (non-hydrogen) atoms. The molecule has 2 aromatic heterocycles. The topological polar surface area (TPSA) is 104 Å². The smallest absolute Gasteiger partial charge is 0.239 e. The van der Waals surface area contributed by atoms with Crippen LogP contribution in [-0.4, -0.2) is 43.2 Å². The van der Waals surface area contributed by atoms with Gasteiger partial charge in [-0.3, -0.25) is 14.7 Å². The van der Waals surface area contributed by atoms with Crippen molar-refractivity contribution < 1.29 is 14.3 Å². The molecule has 9 nitrogen and oxygen atoms in total. The SMILES string of the molecule is COc1cccc(OC(C)c2nnc(SC(C)C(=O)Nc3nnc(C)s3)n2-c2ccccc2)c1. The summed E-state index contributed by atoms with van der Waals surface area (Å²) in [5.74, 6) is 1.79. The van der Waals surface area contributed by atoms with Crippen molar-refractivity contribution in [2.24, 2.45) is 0 Å². The Hall–Kier alpha value is -3.44. The molecule has 0 aliphatic carbocycles. The summed E-state index contributed by atoms with van der Waals surface area (Å²) in [7, 11) is 1.61. The number of nitrogens with one attached hydrogen (secondary N) is 1. The summed E-state index contributed by atoms with van der Waals surface area (Å²) in [6, 6.07) is 17.1. The van der Waals surface area contributed by atoms with E-state index in [1.165, 1.54) is 23.1 Å². The van der Waals surface area contributed by atoms with Crippen LogP contribution in [0.25, 0.3) is 5.69 Å². The number of nitrogens with zero attached hydrogens (tertiary/aromatic N) is 5. The van der Waals surface area contributed by atoms with Crippen LogP contribution in [0.5, 0.6) is 11.5 Å². The van der Waals surface area contributed by atoms with Crippen molar-refractivity contribution in [3.63, 3.8) is 0 Å². The van der Waals surface area contributed by atoms with Crippen molar-refractivity contribution in [2.75, 3.05) is 12.4 Å². The van der Waals surface area contributed by atoms with Crippen LogP contribution in [0.2, 0.25) is 0 Å². The van der Waals surface area contributed by atoms with Gasteiger partial charge in [-0.1, -0.05) is 47.4 Å². The molecule has 1 N–H and O–H groups in total. The Kier molecular flexibility index (Phi) is 7.43. The van der Waals surface area contributed by atoms with Crippen molar-refractivity contribution in [2.45, 2.75) is 37.3 Å². The zero-order chi connectivity index (χ0) is 24.1. The number of carbonyl (C=O) groups excluding carboxylic acids is 1. The summed E-state index contributed by atoms with van der Waals surface area (Å²) in [5, 5.41) is 20.9. The quantitative estimate of drug-likeness (QED) is 0.333. The minimum absolute atomic E-state index is 0.189. The first kappa shape index (κ1) is 23.7. The van der Waals surface area contributed by atoms with E-state index in [1.54, 1.807) is 7.11 Å². The monoisotopic (exact) mass is 496 g/mol. The minimum atomic E-state index is -0.446. The molecule has 0 saturated carbocycles. The van der Waals surface area contributed by atoms with Gasteiger partial charge in [0.2, 0.25) is 11.0 Å². The Morgan fingerprint density at radius 1 is 1.03 bits per heavy atom. The van der Waals surface area contributed by atoms with Gasteiger partial charge >= 0.3 is 0 Å². The predicted octanol–water partition coefficient (Wildman–Crippen LogP) is 4.70. The predicted molar refractivity (Wildman–Crippen MR) is 132 cm³/mol. The summed E-state index contributed by atoms with van der Waals surface area (Å²) in [5.41, 5.74) is 0.874. The lowest BCUT2D eigenvalue weighted by Crippen LogP contribution is -2.23. The number of hydrogen-bond acceptors (Lipinski definition) is 9. The molecule has 0 aliphatic rings. The zero-order valence-corrected chi connectivity index (χ0v) is 20.8. The normalized spacial score (nSPS) is 12.7. The average Bonchev–Trinajstić information content (AvgIpc) is 3.45. The maximum Gasteiger partial charge on any atom is 0.239 e. The van der Waals surface area contributed by atoms with E-state index >= 15 is 0 Å². The van der Waals surface area contributed by atoms with Gasteiger partial charge in [0.15, 0.2) is 17.1 Å². The summed E-state index contributed by atoms with van der Waals surface area (Å²) < 4.78 is 13.3. The second-order valence-electron chi connectivity index (χ2n) is 7.33. The van der Waals surface area contributed by atoms with Crippen LogP contribution in [0.4, 0.5) is 5.13 Å². The van der Waals surface area contributed by atoms with Gasteiger partial charge < -0.3 is 9.47 Å². The van der Waals surface area contributed by atoms with E-state index in [0.29, 0.717) is 27.6 Å². The number of para-hydroxylation sites is 1. The first-order valence-electron chi connectivity index (χ1n) is 10.5. The minimum Gasteiger partial charge on any atom is -0.497 e. The molecule has 2 aromatic carbocycles. The zero-order valence-electron chi connectivity index (χ0n) is 19.1. The number of methoxy groups -OCH3 is 1. The van der Waals surface area contributed by atoms with Crippen LogP contribution in [0.15, 0.2) is 59.8 Å². The summed E-state index contributed by atoms with van der Waals surface area (Å²) in [6.07, 6.45) is -0.414. The van der Waals surface area contributed by atoms with E-state index in [1.807, 2.05) is 79.9 Å². The molecule has 0 aliphatic heterocycles. The molecule has 0 spiro atoms. The highest BCUT2D eigenvalue weighted by atomic mass is 32.2. The van der Waals surface area contributed by atoms with Crippen LogP contribution < -0.4 is 14.8 Å². The van der Waals surface area contributed by atoms with Crippen LogP contribution >= 0.6 is 23.1 Å². The Labute approximate surface area is 205 Å². The third-order valence-corrected chi connectivity index (χ3v) is 6.59. The fraction of sp³-hybridized carbons (Fsp3) is 0.261. The van der Waals surface area contributed by atoms with E-state index in [2.05, 4.69) is 25.7 Å². The Morgan fingerprint density at radius 3 is 2.50 bits per heavy atom. The molecule has 2 atom stereocenters. The highest BCUT2D eigenvalue weighted by Gasteiger charge is 2.25. The number of rotatable bonds is 9. The number of amides is 1. The molecule has 2 heterocycles. The van der Waals surface area contributed by atoms with Crippen molar-refractivity contribution in [1.82, 2.24) is 25.0 Å². The fourth-order valence-corrected chi connectivity index (χ4v) is 4.61. The molecular weight excluding hydrogens is 472 g/mol. The molecule has 176 valence electrons. The lowest BCUT2D eigenvalue weighted by Gasteiger charge is -2.17. The molecule has 2 unspecified atom stereocenters. The molecule has 0 bridgehead atoms. The highest BCUT2D eigenvalue weighted by Crippen LogP contribution is 2.31. The maximum atomic E-state index is 12.7. The fourth-order valence-electron chi connectivity index (χ4n) is 3.14. The second-order valence-corrected chi connectivity index (χ2v) is 9.82. The van der Waals surface area contributed by atoms with Gasteiger partial charge in [-0.2, -0.15) is 0 Å². The molecule has 4 rings (SSSR count). The Balaban J connectivity index is 1.58. The molecule has 0 radical (unpaired) electrons. The highest BCUT2D eigenvalue weighted by molar-refractivity contribution is 8.00. The molecule has 11 heteroatoms. The van der Waals surface area contributed by atoms with E-state index in [-0.39, 0.29) is 5.91 Å². The number of benzene rings is 2. The number of hydrogen-bond donors (Lipinski definition) is 1. The van der Waals surface area contributed by atoms with E-state index in [4.69, 9.17) is 9.47 Å². The summed E-state index contributed by atoms with van der Waals surface area (Å²) in [6.45, 7) is 5.56. The third kappa shape index (κ3) is 5.54. The van der Waals surface area contributed by atoms with Gasteiger partial charge in [0.1, 0.15) is 16.5 Å². The Bertz CT molecular complexity index is 1260. The van der Waals surface area contributed by atoms with Crippen LogP contribution in [0.1, 0.15) is 30.8 Å². The first-order valence-corrected chi connectivity index (χ1v) is 12.2. The number of carbonyl (C=O) groups is 1. The summed E-state index contributed by atoms with van der Waals surface area (Å²) in [4.78, 5) is 12.7. The number of ether oxygens (including phenoxy) is 2. The largest absolute Gasteiger partial charge is 0.497 e. The van der Waals surface area contributed by atoms with Gasteiger partial charge in [-0.25, -0.2) is 0 Å². The van der Waals surface area contributed by atoms with Crippen molar-refractivity contribution in [1.29, 1.82) is 0 Å². The summed E-state index contributed by atoms with van der Waals surface area (Å²) >= 11 is 2.64. The van der Waals surface area contributed by atoms with Crippen LogP contribution in [0.3, 0.4) is 0 Å². The number of thioether (sulfide) groups is 1. The second kappa shape index (κ2) is 10.7. The van der Waals surface area contributed by atoms with Gasteiger partial charge in [0.25, 0.3) is 0 Å². The average molecular weight is 497 g/mol. The molecular formula is C23H24N6O3S2.